The first kappa shape index (κ1) is 15.9. The number of nitrogens with one attached hydrogen (secondary N) is 2. The minimum absolute atomic E-state index is 0.174. The lowest BCUT2D eigenvalue weighted by Gasteiger charge is -2.11. The van der Waals surface area contributed by atoms with Crippen LogP contribution in [-0.2, 0) is 11.2 Å². The highest BCUT2D eigenvalue weighted by molar-refractivity contribution is 9.10. The maximum absolute atomic E-state index is 11.9. The van der Waals surface area contributed by atoms with Crippen molar-refractivity contribution in [1.29, 1.82) is 0 Å². The van der Waals surface area contributed by atoms with Gasteiger partial charge >= 0.3 is 0 Å². The Morgan fingerprint density at radius 1 is 1.19 bits per heavy atom. The number of hydrogen-bond acceptors (Lipinski definition) is 2. The van der Waals surface area contributed by atoms with Crippen LogP contribution in [0.1, 0.15) is 5.56 Å². The minimum Gasteiger partial charge on any atom is -0.331 e. The maximum Gasteiger partial charge on any atom is 0.230 e. The van der Waals surface area contributed by atoms with E-state index in [0.717, 1.165) is 10.0 Å². The summed E-state index contributed by atoms with van der Waals surface area (Å²) in [7, 11) is 0. The Kier molecular flexibility index (Phi) is 5.73. The van der Waals surface area contributed by atoms with Crippen LogP contribution in [0.15, 0.2) is 53.0 Å². The summed E-state index contributed by atoms with van der Waals surface area (Å²) in [4.78, 5) is 11.9. The fourth-order valence-corrected chi connectivity index (χ4v) is 2.64. The van der Waals surface area contributed by atoms with Crippen LogP contribution >= 0.6 is 39.7 Å². The minimum atomic E-state index is -0.174. The number of amides is 1. The van der Waals surface area contributed by atoms with E-state index in [1.165, 1.54) is 0 Å². The summed E-state index contributed by atoms with van der Waals surface area (Å²) in [5, 5.41) is 6.27. The number of anilines is 1. The molecule has 1 amide bonds. The van der Waals surface area contributed by atoms with Gasteiger partial charge in [-0.1, -0.05) is 57.9 Å². The second-order valence-electron chi connectivity index (χ2n) is 4.29. The normalized spacial score (nSPS) is 10.0. The molecular formula is C15H12BrClN2OS. The summed E-state index contributed by atoms with van der Waals surface area (Å²) >= 11 is 14.5. The zero-order valence-corrected chi connectivity index (χ0v) is 14.1. The Morgan fingerprint density at radius 2 is 1.90 bits per heavy atom. The predicted molar refractivity (Wildman–Crippen MR) is 93.7 cm³/mol. The smallest absolute Gasteiger partial charge is 0.230 e. The molecular weight excluding hydrogens is 372 g/mol. The second kappa shape index (κ2) is 7.54. The van der Waals surface area contributed by atoms with Crippen LogP contribution < -0.4 is 10.6 Å². The fraction of sp³-hybridized carbons (Fsp3) is 0.0667. The van der Waals surface area contributed by atoms with E-state index in [-0.39, 0.29) is 17.4 Å². The van der Waals surface area contributed by atoms with Crippen LogP contribution in [0.2, 0.25) is 5.02 Å². The van der Waals surface area contributed by atoms with Crippen molar-refractivity contribution in [2.45, 2.75) is 6.42 Å². The third kappa shape index (κ3) is 5.12. The zero-order valence-electron chi connectivity index (χ0n) is 10.9. The van der Waals surface area contributed by atoms with Gasteiger partial charge in [-0.3, -0.25) is 4.79 Å². The highest BCUT2D eigenvalue weighted by Gasteiger charge is 2.08. The molecule has 0 aliphatic carbocycles. The molecule has 0 saturated heterocycles. The molecule has 21 heavy (non-hydrogen) atoms. The van der Waals surface area contributed by atoms with Crippen molar-refractivity contribution in [2.75, 3.05) is 5.32 Å². The van der Waals surface area contributed by atoms with Gasteiger partial charge in [0, 0.05) is 4.47 Å². The van der Waals surface area contributed by atoms with Gasteiger partial charge in [0.1, 0.15) is 0 Å². The van der Waals surface area contributed by atoms with Crippen LogP contribution in [-0.4, -0.2) is 11.0 Å². The summed E-state index contributed by atoms with van der Waals surface area (Å²) in [5.74, 6) is -0.174. The molecule has 0 aromatic heterocycles. The Balaban J connectivity index is 1.91. The Bertz CT molecular complexity index is 664. The van der Waals surface area contributed by atoms with Gasteiger partial charge in [-0.25, -0.2) is 0 Å². The Hall–Kier alpha value is -1.43. The quantitative estimate of drug-likeness (QED) is 0.782. The lowest BCUT2D eigenvalue weighted by Crippen LogP contribution is -2.35. The largest absolute Gasteiger partial charge is 0.331 e. The molecule has 2 aromatic carbocycles. The Labute approximate surface area is 141 Å². The average Bonchev–Trinajstić information content (AvgIpc) is 2.43. The molecule has 0 aliphatic rings. The van der Waals surface area contributed by atoms with Crippen LogP contribution in [0.3, 0.4) is 0 Å². The number of rotatable bonds is 3. The van der Waals surface area contributed by atoms with E-state index in [4.69, 9.17) is 23.8 Å². The summed E-state index contributed by atoms with van der Waals surface area (Å²) in [5.41, 5.74) is 1.57. The van der Waals surface area contributed by atoms with E-state index in [2.05, 4.69) is 26.6 Å². The van der Waals surface area contributed by atoms with Gasteiger partial charge in [0.05, 0.1) is 17.1 Å². The van der Waals surface area contributed by atoms with Crippen molar-refractivity contribution in [3.8, 4) is 0 Å². The number of benzene rings is 2. The Morgan fingerprint density at radius 3 is 2.57 bits per heavy atom. The molecule has 2 rings (SSSR count). The van der Waals surface area contributed by atoms with Gasteiger partial charge in [-0.15, -0.1) is 0 Å². The molecule has 3 nitrogen and oxygen atoms in total. The average molecular weight is 384 g/mol. The van der Waals surface area contributed by atoms with Crippen LogP contribution in [0, 0.1) is 0 Å². The number of carbonyl (C=O) groups excluding carboxylic acids is 1. The lowest BCUT2D eigenvalue weighted by molar-refractivity contribution is -0.119. The molecule has 0 fully saturated rings. The molecule has 0 saturated carbocycles. The van der Waals surface area contributed by atoms with Gasteiger partial charge < -0.3 is 10.6 Å². The maximum atomic E-state index is 11.9. The number of halogens is 2. The monoisotopic (exact) mass is 382 g/mol. The zero-order chi connectivity index (χ0) is 15.2. The van der Waals surface area contributed by atoms with Gasteiger partial charge in [-0.2, -0.15) is 0 Å². The molecule has 0 atom stereocenters. The van der Waals surface area contributed by atoms with Gasteiger partial charge in [-0.05, 0) is 36.0 Å². The van der Waals surface area contributed by atoms with Crippen molar-refractivity contribution in [1.82, 2.24) is 5.32 Å². The van der Waals surface area contributed by atoms with Crippen molar-refractivity contribution in [2.24, 2.45) is 0 Å². The van der Waals surface area contributed by atoms with Gasteiger partial charge in [0.2, 0.25) is 5.91 Å². The topological polar surface area (TPSA) is 41.1 Å². The molecule has 0 spiro atoms. The highest BCUT2D eigenvalue weighted by atomic mass is 79.9. The summed E-state index contributed by atoms with van der Waals surface area (Å²) in [6, 6.07) is 14.8. The first-order valence-corrected chi connectivity index (χ1v) is 7.72. The van der Waals surface area contributed by atoms with Crippen LogP contribution in [0.5, 0.6) is 0 Å². The van der Waals surface area contributed by atoms with E-state index < -0.39 is 0 Å². The van der Waals surface area contributed by atoms with E-state index in [1.807, 2.05) is 36.4 Å². The lowest BCUT2D eigenvalue weighted by atomic mass is 10.1. The molecule has 0 aliphatic heterocycles. The number of thiocarbonyl (C=S) groups is 1. The third-order valence-corrected chi connectivity index (χ3v) is 3.65. The predicted octanol–water partition coefficient (Wildman–Crippen LogP) is 4.16. The fourth-order valence-electron chi connectivity index (χ4n) is 1.70. The standard InChI is InChI=1S/C15H12BrClN2OS/c16-11-6-7-13(12(17)9-11)18-15(21)19-14(20)8-10-4-2-1-3-5-10/h1-7,9H,8H2,(H2,18,19,20,21). The summed E-state index contributed by atoms with van der Waals surface area (Å²) in [6.07, 6.45) is 0.275. The van der Waals surface area contributed by atoms with Gasteiger partial charge in [0.15, 0.2) is 5.11 Å². The summed E-state index contributed by atoms with van der Waals surface area (Å²) < 4.78 is 0.872. The highest BCUT2D eigenvalue weighted by Crippen LogP contribution is 2.25. The molecule has 2 aromatic rings. The SMILES string of the molecule is O=C(Cc1ccccc1)NC(=S)Nc1ccc(Br)cc1Cl. The van der Waals surface area contributed by atoms with Crippen molar-refractivity contribution in [3.63, 3.8) is 0 Å². The van der Waals surface area contributed by atoms with Crippen LogP contribution in [0.25, 0.3) is 0 Å². The molecule has 0 bridgehead atoms. The summed E-state index contributed by atoms with van der Waals surface area (Å²) in [6.45, 7) is 0. The van der Waals surface area contributed by atoms with E-state index in [9.17, 15) is 4.79 Å². The third-order valence-electron chi connectivity index (χ3n) is 2.64. The number of carbonyl (C=O) groups is 1. The van der Waals surface area contributed by atoms with E-state index >= 15 is 0 Å². The van der Waals surface area contributed by atoms with Gasteiger partial charge in [0.25, 0.3) is 0 Å². The molecule has 0 radical (unpaired) electrons. The van der Waals surface area contributed by atoms with E-state index in [0.29, 0.717) is 10.7 Å². The van der Waals surface area contributed by atoms with E-state index in [1.54, 1.807) is 12.1 Å². The first-order chi connectivity index (χ1) is 10.0. The molecule has 0 unspecified atom stereocenters. The molecule has 2 N–H and O–H groups in total. The number of hydrogen-bond donors (Lipinski definition) is 2. The first-order valence-electron chi connectivity index (χ1n) is 6.14. The molecule has 6 heteroatoms. The molecule has 0 heterocycles. The van der Waals surface area contributed by atoms with Crippen LogP contribution in [0.4, 0.5) is 5.69 Å². The van der Waals surface area contributed by atoms with Crippen molar-refractivity contribution >= 4 is 56.5 Å². The molecule has 108 valence electrons. The van der Waals surface area contributed by atoms with Crippen molar-refractivity contribution < 1.29 is 4.79 Å². The van der Waals surface area contributed by atoms with Crippen molar-refractivity contribution in [3.05, 3.63) is 63.6 Å². The second-order valence-corrected chi connectivity index (χ2v) is 6.02.